The first-order valence-electron chi connectivity index (χ1n) is 7.32. The Morgan fingerprint density at radius 2 is 1.64 bits per heavy atom. The van der Waals surface area contributed by atoms with Crippen LogP contribution in [0.5, 0.6) is 0 Å². The van der Waals surface area contributed by atoms with Gasteiger partial charge in [-0.3, -0.25) is 4.79 Å². The maximum Gasteiger partial charge on any atom is 0.240 e. The molecule has 1 amide bonds. The Labute approximate surface area is 155 Å². The molecule has 0 atom stereocenters. The zero-order valence-electron chi connectivity index (χ0n) is 12.9. The average molecular weight is 394 g/mol. The topological polar surface area (TPSA) is 63.2 Å². The molecule has 1 N–H and O–H groups in total. The fourth-order valence-electron chi connectivity index (χ4n) is 2.39. The van der Waals surface area contributed by atoms with Crippen molar-refractivity contribution in [3.63, 3.8) is 0 Å². The van der Waals surface area contributed by atoms with Gasteiger partial charge in [-0.2, -0.15) is 0 Å². The van der Waals surface area contributed by atoms with Crippen molar-refractivity contribution >= 4 is 55.4 Å². The van der Waals surface area contributed by atoms with Gasteiger partial charge in [-0.05, 0) is 41.1 Å². The van der Waals surface area contributed by atoms with Crippen LogP contribution in [0.3, 0.4) is 0 Å². The summed E-state index contributed by atoms with van der Waals surface area (Å²) in [5.74, 6) is -1.35. The molecule has 0 aromatic heterocycles. The smallest absolute Gasteiger partial charge is 0.240 e. The van der Waals surface area contributed by atoms with Crippen LogP contribution >= 0.6 is 23.2 Å². The second-order valence-electron chi connectivity index (χ2n) is 5.44. The average Bonchev–Trinajstić information content (AvgIpc) is 2.56. The van der Waals surface area contributed by atoms with E-state index in [0.717, 1.165) is 10.8 Å². The summed E-state index contributed by atoms with van der Waals surface area (Å²) in [5, 5.41) is 4.88. The van der Waals surface area contributed by atoms with Gasteiger partial charge in [0.1, 0.15) is 5.75 Å². The predicted octanol–water partition coefficient (Wildman–Crippen LogP) is 4.56. The number of hydrogen-bond acceptors (Lipinski definition) is 3. The molecule has 0 bridgehead atoms. The first kappa shape index (κ1) is 17.7. The second-order valence-corrected chi connectivity index (χ2v) is 8.27. The molecule has 0 spiro atoms. The minimum Gasteiger partial charge on any atom is -0.324 e. The lowest BCUT2D eigenvalue weighted by Gasteiger charge is -2.09. The Kier molecular flexibility index (Phi) is 4.99. The van der Waals surface area contributed by atoms with E-state index in [4.69, 9.17) is 23.2 Å². The number of amides is 1. The lowest BCUT2D eigenvalue weighted by molar-refractivity contribution is -0.113. The van der Waals surface area contributed by atoms with E-state index < -0.39 is 21.5 Å². The quantitative estimate of drug-likeness (QED) is 0.706. The van der Waals surface area contributed by atoms with Crippen LogP contribution in [-0.2, 0) is 14.6 Å². The van der Waals surface area contributed by atoms with E-state index in [0.29, 0.717) is 10.7 Å². The van der Waals surface area contributed by atoms with Gasteiger partial charge in [0.15, 0.2) is 9.84 Å². The molecule has 3 aromatic carbocycles. The summed E-state index contributed by atoms with van der Waals surface area (Å²) in [6, 6.07) is 16.7. The number of carbonyl (C=O) groups excluding carboxylic acids is 1. The van der Waals surface area contributed by atoms with Crippen molar-refractivity contribution in [2.45, 2.75) is 4.90 Å². The number of halogens is 2. The fourth-order valence-corrected chi connectivity index (χ4v) is 4.02. The van der Waals surface area contributed by atoms with Crippen LogP contribution in [0.2, 0.25) is 10.0 Å². The monoisotopic (exact) mass is 393 g/mol. The van der Waals surface area contributed by atoms with Crippen molar-refractivity contribution in [1.82, 2.24) is 0 Å². The summed E-state index contributed by atoms with van der Waals surface area (Å²) in [4.78, 5) is 12.2. The number of nitrogens with one attached hydrogen (secondary N) is 1. The Morgan fingerprint density at radius 3 is 2.36 bits per heavy atom. The van der Waals surface area contributed by atoms with E-state index in [1.807, 2.05) is 24.3 Å². The lowest BCUT2D eigenvalue weighted by atomic mass is 10.1. The highest BCUT2D eigenvalue weighted by atomic mass is 35.5. The van der Waals surface area contributed by atoms with Crippen LogP contribution in [0.15, 0.2) is 65.6 Å². The molecule has 0 heterocycles. The maximum atomic E-state index is 12.5. The molecule has 0 aliphatic rings. The van der Waals surface area contributed by atoms with Crippen molar-refractivity contribution in [2.24, 2.45) is 0 Å². The lowest BCUT2D eigenvalue weighted by Crippen LogP contribution is -2.23. The summed E-state index contributed by atoms with van der Waals surface area (Å²) in [5.41, 5.74) is 0.310. The van der Waals surface area contributed by atoms with Crippen molar-refractivity contribution in [3.8, 4) is 0 Å². The van der Waals surface area contributed by atoms with Gasteiger partial charge in [0, 0.05) is 5.02 Å². The van der Waals surface area contributed by atoms with E-state index >= 15 is 0 Å². The van der Waals surface area contributed by atoms with Gasteiger partial charge in [0.2, 0.25) is 5.91 Å². The molecule has 0 radical (unpaired) electrons. The summed E-state index contributed by atoms with van der Waals surface area (Å²) in [6.07, 6.45) is 0. The number of hydrogen-bond donors (Lipinski definition) is 1. The van der Waals surface area contributed by atoms with Crippen LogP contribution in [0, 0.1) is 0 Å². The van der Waals surface area contributed by atoms with Gasteiger partial charge >= 0.3 is 0 Å². The second kappa shape index (κ2) is 7.04. The number of rotatable bonds is 4. The van der Waals surface area contributed by atoms with E-state index in [1.54, 1.807) is 18.2 Å². The number of benzene rings is 3. The summed E-state index contributed by atoms with van der Waals surface area (Å²) < 4.78 is 25.0. The Hall–Kier alpha value is -2.08. The van der Waals surface area contributed by atoms with Gasteiger partial charge < -0.3 is 5.32 Å². The highest BCUT2D eigenvalue weighted by Gasteiger charge is 2.20. The number of anilines is 1. The van der Waals surface area contributed by atoms with Crippen LogP contribution in [0.4, 0.5) is 5.69 Å². The Bertz CT molecular complexity index is 1060. The van der Waals surface area contributed by atoms with Gasteiger partial charge in [0.25, 0.3) is 0 Å². The molecule has 0 fully saturated rings. The Balaban J connectivity index is 1.81. The van der Waals surface area contributed by atoms with E-state index in [2.05, 4.69) is 5.32 Å². The van der Waals surface area contributed by atoms with Gasteiger partial charge in [-0.25, -0.2) is 8.42 Å². The van der Waals surface area contributed by atoms with Crippen LogP contribution in [0.25, 0.3) is 10.8 Å². The summed E-state index contributed by atoms with van der Waals surface area (Å²) >= 11 is 11.8. The minimum absolute atomic E-state index is 0.101. The fraction of sp³-hybridized carbons (Fsp3) is 0.0556. The predicted molar refractivity (Wildman–Crippen MR) is 101 cm³/mol. The summed E-state index contributed by atoms with van der Waals surface area (Å²) in [7, 11) is -3.77. The highest BCUT2D eigenvalue weighted by Crippen LogP contribution is 2.26. The van der Waals surface area contributed by atoms with Crippen LogP contribution in [0.1, 0.15) is 0 Å². The molecule has 0 aliphatic heterocycles. The highest BCUT2D eigenvalue weighted by molar-refractivity contribution is 7.92. The molecule has 0 aliphatic carbocycles. The molecular weight excluding hydrogens is 381 g/mol. The van der Waals surface area contributed by atoms with Crippen molar-refractivity contribution < 1.29 is 13.2 Å². The third-order valence-electron chi connectivity index (χ3n) is 3.61. The van der Waals surface area contributed by atoms with Gasteiger partial charge in [0.05, 0.1) is 15.6 Å². The minimum atomic E-state index is -3.77. The third kappa shape index (κ3) is 4.12. The standard InChI is InChI=1S/C18H13Cl2NO3S/c19-14-6-8-17(16(20)10-14)21-18(22)11-25(23,24)15-7-5-12-3-1-2-4-13(12)9-15/h1-10H,11H2,(H,21,22). The van der Waals surface area contributed by atoms with Crippen molar-refractivity contribution in [1.29, 1.82) is 0 Å². The molecule has 3 rings (SSSR count). The molecule has 3 aromatic rings. The third-order valence-corrected chi connectivity index (χ3v) is 5.77. The SMILES string of the molecule is O=C(CS(=O)(=O)c1ccc2ccccc2c1)Nc1ccc(Cl)cc1Cl. The zero-order valence-corrected chi connectivity index (χ0v) is 15.2. The summed E-state index contributed by atoms with van der Waals surface area (Å²) in [6.45, 7) is 0. The molecule has 4 nitrogen and oxygen atoms in total. The van der Waals surface area contributed by atoms with Crippen molar-refractivity contribution in [3.05, 3.63) is 70.7 Å². The van der Waals surface area contributed by atoms with Gasteiger partial charge in [-0.15, -0.1) is 0 Å². The van der Waals surface area contributed by atoms with Crippen LogP contribution in [-0.4, -0.2) is 20.1 Å². The Morgan fingerprint density at radius 1 is 0.920 bits per heavy atom. The number of fused-ring (bicyclic) bond motifs is 1. The number of sulfone groups is 1. The largest absolute Gasteiger partial charge is 0.324 e. The van der Waals surface area contributed by atoms with Crippen molar-refractivity contribution in [2.75, 3.05) is 11.1 Å². The maximum absolute atomic E-state index is 12.5. The van der Waals surface area contributed by atoms with E-state index in [-0.39, 0.29) is 9.92 Å². The van der Waals surface area contributed by atoms with Gasteiger partial charge in [-0.1, -0.05) is 53.5 Å². The molecule has 0 saturated carbocycles. The van der Waals surface area contributed by atoms with E-state index in [9.17, 15) is 13.2 Å². The first-order chi connectivity index (χ1) is 11.8. The molecule has 0 unspecified atom stereocenters. The molecule has 128 valence electrons. The number of carbonyl (C=O) groups is 1. The first-order valence-corrected chi connectivity index (χ1v) is 9.72. The molecule has 0 saturated heterocycles. The molecule has 7 heteroatoms. The van der Waals surface area contributed by atoms with E-state index in [1.165, 1.54) is 18.2 Å². The molecular formula is C18H13Cl2NO3S. The van der Waals surface area contributed by atoms with Crippen LogP contribution < -0.4 is 5.32 Å². The molecule has 25 heavy (non-hydrogen) atoms. The zero-order chi connectivity index (χ0) is 18.0. The normalized spacial score (nSPS) is 11.4.